The highest BCUT2D eigenvalue weighted by molar-refractivity contribution is 5.82. The Balaban J connectivity index is 2.02. The van der Waals surface area contributed by atoms with Gasteiger partial charge in [0.15, 0.2) is 17.7 Å². The van der Waals surface area contributed by atoms with Crippen molar-refractivity contribution in [1.82, 2.24) is 19.5 Å². The highest BCUT2D eigenvalue weighted by atomic mass is 16.6. The van der Waals surface area contributed by atoms with Crippen LogP contribution in [-0.4, -0.2) is 73.5 Å². The van der Waals surface area contributed by atoms with Gasteiger partial charge >= 0.3 is 0 Å². The summed E-state index contributed by atoms with van der Waals surface area (Å²) in [6.07, 6.45) is -2.96. The number of nitrogen functional groups attached to an aromatic ring is 1. The van der Waals surface area contributed by atoms with Crippen molar-refractivity contribution in [2.75, 3.05) is 26.1 Å². The molecule has 0 saturated carbocycles. The highest BCUT2D eigenvalue weighted by Crippen LogP contribution is 2.31. The summed E-state index contributed by atoms with van der Waals surface area (Å²) >= 11 is 0. The predicted molar refractivity (Wildman–Crippen MR) is 81.5 cm³/mol. The normalized spacial score (nSPS) is 26.5. The van der Waals surface area contributed by atoms with Gasteiger partial charge in [-0.1, -0.05) is 5.92 Å². The number of aromatic nitrogens is 4. The van der Waals surface area contributed by atoms with E-state index in [4.69, 9.17) is 15.2 Å². The van der Waals surface area contributed by atoms with E-state index in [0.717, 1.165) is 0 Å². The Morgan fingerprint density at radius 2 is 2.17 bits per heavy atom. The molecule has 0 bridgehead atoms. The molecule has 1 aliphatic rings. The van der Waals surface area contributed by atoms with E-state index in [2.05, 4.69) is 26.8 Å². The Morgan fingerprint density at radius 3 is 2.83 bits per heavy atom. The molecule has 3 heterocycles. The first kappa shape index (κ1) is 16.6. The second kappa shape index (κ2) is 6.68. The number of fused-ring (bicyclic) bond motifs is 1. The van der Waals surface area contributed by atoms with Crippen molar-refractivity contribution in [3.05, 3.63) is 12.2 Å². The van der Waals surface area contributed by atoms with Gasteiger partial charge in [0.25, 0.3) is 0 Å². The lowest BCUT2D eigenvalue weighted by Crippen LogP contribution is -2.33. The standard InChI is InChI=1S/C14H17N5O5/c1-23-4-2-3-8-17-12(15)9-13(18-8)19(6-16-9)14-11(22)10(21)7(5-20)24-14/h6-7,10-11,14,20-22H,4-5H2,1H3,(H2,15,17,18)/t7-,10?,11?,14-/m1/s1. The summed E-state index contributed by atoms with van der Waals surface area (Å²) in [5.41, 5.74) is 6.50. The maximum atomic E-state index is 10.1. The lowest BCUT2D eigenvalue weighted by atomic mass is 10.1. The van der Waals surface area contributed by atoms with Gasteiger partial charge in [-0.25, -0.2) is 15.0 Å². The summed E-state index contributed by atoms with van der Waals surface area (Å²) in [4.78, 5) is 12.4. The zero-order valence-electron chi connectivity index (χ0n) is 12.8. The van der Waals surface area contributed by atoms with E-state index < -0.39 is 31.1 Å². The lowest BCUT2D eigenvalue weighted by molar-refractivity contribution is -0.0511. The van der Waals surface area contributed by atoms with Crippen molar-refractivity contribution in [2.24, 2.45) is 0 Å². The van der Waals surface area contributed by atoms with Gasteiger partial charge in [0.1, 0.15) is 30.4 Å². The highest BCUT2D eigenvalue weighted by Gasteiger charge is 2.44. The van der Waals surface area contributed by atoms with Crippen LogP contribution in [0.1, 0.15) is 12.1 Å². The molecule has 2 unspecified atom stereocenters. The number of aliphatic hydroxyl groups excluding tert-OH is 3. The summed E-state index contributed by atoms with van der Waals surface area (Å²) in [5, 5.41) is 29.2. The third-order valence-corrected chi connectivity index (χ3v) is 3.66. The fraction of sp³-hybridized carbons (Fsp3) is 0.500. The van der Waals surface area contributed by atoms with Crippen LogP contribution in [0, 0.1) is 11.8 Å². The van der Waals surface area contributed by atoms with Crippen LogP contribution >= 0.6 is 0 Å². The van der Waals surface area contributed by atoms with Gasteiger partial charge in [-0.3, -0.25) is 4.57 Å². The van der Waals surface area contributed by atoms with E-state index in [-0.39, 0.29) is 18.2 Å². The monoisotopic (exact) mass is 335 g/mol. The van der Waals surface area contributed by atoms with Crippen molar-refractivity contribution < 1.29 is 24.8 Å². The molecule has 0 radical (unpaired) electrons. The van der Waals surface area contributed by atoms with E-state index in [1.807, 2.05) is 0 Å². The van der Waals surface area contributed by atoms with Crippen LogP contribution in [0.25, 0.3) is 11.2 Å². The lowest BCUT2D eigenvalue weighted by Gasteiger charge is -2.16. The molecule has 128 valence electrons. The number of rotatable bonds is 3. The van der Waals surface area contributed by atoms with Crippen molar-refractivity contribution >= 4 is 17.0 Å². The topological polar surface area (TPSA) is 149 Å². The third kappa shape index (κ3) is 2.79. The average Bonchev–Trinajstić information content (AvgIpc) is 3.10. The molecule has 5 N–H and O–H groups in total. The molecule has 0 aliphatic carbocycles. The van der Waals surface area contributed by atoms with Crippen LogP contribution in [0.15, 0.2) is 6.33 Å². The van der Waals surface area contributed by atoms with E-state index in [1.165, 1.54) is 18.0 Å². The number of methoxy groups -OCH3 is 1. The minimum absolute atomic E-state index is 0.132. The van der Waals surface area contributed by atoms with Crippen LogP contribution in [-0.2, 0) is 9.47 Å². The summed E-state index contributed by atoms with van der Waals surface area (Å²) in [7, 11) is 1.52. The predicted octanol–water partition coefficient (Wildman–Crippen LogP) is -1.98. The minimum Gasteiger partial charge on any atom is -0.394 e. The first-order valence-electron chi connectivity index (χ1n) is 7.17. The van der Waals surface area contributed by atoms with Gasteiger partial charge in [-0.05, 0) is 5.92 Å². The smallest absolute Gasteiger partial charge is 0.209 e. The number of aliphatic hydroxyl groups is 3. The molecule has 0 aromatic carbocycles. The summed E-state index contributed by atoms with van der Waals surface area (Å²) in [5.74, 6) is 5.74. The van der Waals surface area contributed by atoms with Crippen LogP contribution in [0.5, 0.6) is 0 Å². The number of ether oxygens (including phenoxy) is 2. The van der Waals surface area contributed by atoms with Crippen LogP contribution in [0.2, 0.25) is 0 Å². The molecule has 0 spiro atoms. The summed E-state index contributed by atoms with van der Waals surface area (Å²) in [6.45, 7) is -0.207. The average molecular weight is 335 g/mol. The van der Waals surface area contributed by atoms with Gasteiger partial charge in [0.2, 0.25) is 5.82 Å². The fourth-order valence-corrected chi connectivity index (χ4v) is 2.48. The van der Waals surface area contributed by atoms with Gasteiger partial charge < -0.3 is 30.5 Å². The Hall–Kier alpha value is -2.29. The summed E-state index contributed by atoms with van der Waals surface area (Å²) in [6, 6.07) is 0. The second-order valence-electron chi connectivity index (χ2n) is 5.22. The summed E-state index contributed by atoms with van der Waals surface area (Å²) < 4.78 is 11.7. The molecule has 0 amide bonds. The molecule has 4 atom stereocenters. The maximum Gasteiger partial charge on any atom is 0.209 e. The molecule has 1 aliphatic heterocycles. The van der Waals surface area contributed by atoms with Gasteiger partial charge in [-0.2, -0.15) is 0 Å². The first-order chi connectivity index (χ1) is 11.6. The maximum absolute atomic E-state index is 10.1. The number of nitrogens with two attached hydrogens (primary N) is 1. The Morgan fingerprint density at radius 1 is 1.38 bits per heavy atom. The van der Waals surface area contributed by atoms with E-state index in [1.54, 1.807) is 0 Å². The SMILES string of the molecule is COCC#Cc1nc(N)c2ncn([C@@H]3O[C@H](CO)C(O)C3O)c2n1. The first-order valence-corrected chi connectivity index (χ1v) is 7.17. The minimum atomic E-state index is -1.25. The Labute approximate surface area is 136 Å². The number of hydrogen-bond acceptors (Lipinski definition) is 9. The molecule has 10 heteroatoms. The zero-order valence-corrected chi connectivity index (χ0v) is 12.8. The van der Waals surface area contributed by atoms with Crippen molar-refractivity contribution in [3.8, 4) is 11.8 Å². The molecule has 2 aromatic heterocycles. The number of hydrogen-bond donors (Lipinski definition) is 4. The molecule has 1 fully saturated rings. The van der Waals surface area contributed by atoms with Crippen molar-refractivity contribution in [2.45, 2.75) is 24.5 Å². The zero-order chi connectivity index (χ0) is 17.3. The molecule has 10 nitrogen and oxygen atoms in total. The molecule has 3 rings (SSSR count). The Bertz CT molecular complexity index is 798. The Kier molecular flexibility index (Phi) is 4.61. The van der Waals surface area contributed by atoms with Crippen LogP contribution in [0.3, 0.4) is 0 Å². The fourth-order valence-electron chi connectivity index (χ4n) is 2.48. The molecule has 2 aromatic rings. The van der Waals surface area contributed by atoms with Gasteiger partial charge in [0, 0.05) is 7.11 Å². The molecular formula is C14H17N5O5. The number of imidazole rings is 1. The van der Waals surface area contributed by atoms with Crippen LogP contribution in [0.4, 0.5) is 5.82 Å². The largest absolute Gasteiger partial charge is 0.394 e. The molecule has 24 heavy (non-hydrogen) atoms. The quantitative estimate of drug-likeness (QED) is 0.468. The van der Waals surface area contributed by atoms with Gasteiger partial charge in [-0.15, -0.1) is 0 Å². The molecule has 1 saturated heterocycles. The van der Waals surface area contributed by atoms with Crippen molar-refractivity contribution in [1.29, 1.82) is 0 Å². The van der Waals surface area contributed by atoms with E-state index in [9.17, 15) is 15.3 Å². The van der Waals surface area contributed by atoms with Crippen molar-refractivity contribution in [3.63, 3.8) is 0 Å². The van der Waals surface area contributed by atoms with Gasteiger partial charge in [0.05, 0.1) is 12.9 Å². The van der Waals surface area contributed by atoms with E-state index in [0.29, 0.717) is 11.2 Å². The number of nitrogens with zero attached hydrogens (tertiary/aromatic N) is 4. The van der Waals surface area contributed by atoms with Crippen LogP contribution < -0.4 is 5.73 Å². The third-order valence-electron chi connectivity index (χ3n) is 3.66. The van der Waals surface area contributed by atoms with E-state index >= 15 is 0 Å². The second-order valence-corrected chi connectivity index (χ2v) is 5.22. The molecular weight excluding hydrogens is 318 g/mol. The number of anilines is 1.